The molecule has 0 atom stereocenters. The lowest BCUT2D eigenvalue weighted by Gasteiger charge is -2.16. The van der Waals surface area contributed by atoms with Crippen LogP contribution in [-0.4, -0.2) is 8.80 Å². The Hall–Kier alpha value is -2.12. The van der Waals surface area contributed by atoms with Crippen LogP contribution in [0.1, 0.15) is 24.8 Å². The molecule has 0 aromatic heterocycles. The lowest BCUT2D eigenvalue weighted by molar-refractivity contribution is 0.715. The van der Waals surface area contributed by atoms with Gasteiger partial charge >= 0.3 is 0 Å². The zero-order valence-corrected chi connectivity index (χ0v) is 15.4. The Balaban J connectivity index is 1.55. The van der Waals surface area contributed by atoms with Crippen LogP contribution in [0.25, 0.3) is 0 Å². The standard InChI is InChI=1S/C23H26Si/c1-5-13-21(14-6-1)15-7-4-12-20-24(22-16-8-2-9-17-22)23-18-10-3-11-19-23/h1-3,5-6,8-11,13-14,16-19,24H,4,7,12,15,20H2. The molecule has 0 bridgehead atoms. The lowest BCUT2D eigenvalue weighted by atomic mass is 10.1. The predicted molar refractivity (Wildman–Crippen MR) is 108 cm³/mol. The third-order valence-corrected chi connectivity index (χ3v) is 8.07. The fraction of sp³-hybridized carbons (Fsp3) is 0.217. The van der Waals surface area contributed by atoms with Crippen LogP contribution in [0, 0.1) is 0 Å². The van der Waals surface area contributed by atoms with Gasteiger partial charge in [-0.15, -0.1) is 0 Å². The molecule has 1 heteroatoms. The molecule has 0 radical (unpaired) electrons. The molecular weight excluding hydrogens is 304 g/mol. The van der Waals surface area contributed by atoms with Gasteiger partial charge in [0.2, 0.25) is 0 Å². The van der Waals surface area contributed by atoms with Gasteiger partial charge < -0.3 is 0 Å². The highest BCUT2D eigenvalue weighted by molar-refractivity contribution is 6.85. The van der Waals surface area contributed by atoms with E-state index < -0.39 is 8.80 Å². The van der Waals surface area contributed by atoms with Gasteiger partial charge in [0.1, 0.15) is 8.80 Å². The van der Waals surface area contributed by atoms with Gasteiger partial charge in [-0.1, -0.05) is 120 Å². The summed E-state index contributed by atoms with van der Waals surface area (Å²) in [4.78, 5) is 0. The average Bonchev–Trinajstić information content (AvgIpc) is 2.67. The van der Waals surface area contributed by atoms with Gasteiger partial charge in [-0.2, -0.15) is 0 Å². The Morgan fingerprint density at radius 2 is 1.00 bits per heavy atom. The zero-order valence-electron chi connectivity index (χ0n) is 14.3. The van der Waals surface area contributed by atoms with E-state index in [1.807, 2.05) is 0 Å². The smallest absolute Gasteiger partial charge is 0.0629 e. The number of benzene rings is 3. The van der Waals surface area contributed by atoms with Crippen LogP contribution in [0.3, 0.4) is 0 Å². The van der Waals surface area contributed by atoms with Gasteiger partial charge in [-0.25, -0.2) is 0 Å². The highest BCUT2D eigenvalue weighted by Gasteiger charge is 2.15. The Bertz CT molecular complexity index is 652. The number of unbranched alkanes of at least 4 members (excludes halogenated alkanes) is 2. The number of aryl methyl sites for hydroxylation is 1. The highest BCUT2D eigenvalue weighted by Crippen LogP contribution is 2.10. The van der Waals surface area contributed by atoms with E-state index in [9.17, 15) is 0 Å². The second-order valence-corrected chi connectivity index (χ2v) is 9.47. The van der Waals surface area contributed by atoms with E-state index in [-0.39, 0.29) is 0 Å². The Kier molecular flexibility index (Phi) is 6.44. The first-order valence-corrected chi connectivity index (χ1v) is 11.0. The van der Waals surface area contributed by atoms with Crippen molar-refractivity contribution in [2.24, 2.45) is 0 Å². The molecule has 3 rings (SSSR count). The molecule has 0 unspecified atom stereocenters. The van der Waals surface area contributed by atoms with E-state index in [4.69, 9.17) is 0 Å². The van der Waals surface area contributed by atoms with Crippen LogP contribution >= 0.6 is 0 Å². The maximum absolute atomic E-state index is 2.33. The minimum Gasteiger partial charge on any atom is -0.0629 e. The van der Waals surface area contributed by atoms with Gasteiger partial charge in [0.25, 0.3) is 0 Å². The normalized spacial score (nSPS) is 10.9. The van der Waals surface area contributed by atoms with Crippen LogP contribution in [0.2, 0.25) is 6.04 Å². The maximum Gasteiger partial charge on any atom is 0.103 e. The minimum atomic E-state index is -1.07. The minimum absolute atomic E-state index is 1.07. The predicted octanol–water partition coefficient (Wildman–Crippen LogP) is 4.44. The number of rotatable bonds is 8. The van der Waals surface area contributed by atoms with Crippen LogP contribution < -0.4 is 10.4 Å². The van der Waals surface area contributed by atoms with E-state index >= 15 is 0 Å². The molecule has 3 aromatic carbocycles. The van der Waals surface area contributed by atoms with Gasteiger partial charge in [-0.3, -0.25) is 0 Å². The summed E-state index contributed by atoms with van der Waals surface area (Å²) in [5.74, 6) is 0. The highest BCUT2D eigenvalue weighted by atomic mass is 28.3. The molecule has 24 heavy (non-hydrogen) atoms. The SMILES string of the molecule is c1ccc(CCCCC[SiH](c2ccccc2)c2ccccc2)cc1. The van der Waals surface area contributed by atoms with Crippen molar-refractivity contribution in [3.05, 3.63) is 96.6 Å². The maximum atomic E-state index is 2.33. The summed E-state index contributed by atoms with van der Waals surface area (Å²) in [6.45, 7) is 0. The van der Waals surface area contributed by atoms with Crippen molar-refractivity contribution in [3.8, 4) is 0 Å². The van der Waals surface area contributed by atoms with Crippen LogP contribution in [0.5, 0.6) is 0 Å². The Morgan fingerprint density at radius 3 is 1.54 bits per heavy atom. The summed E-state index contributed by atoms with van der Waals surface area (Å²) in [5, 5.41) is 3.15. The van der Waals surface area contributed by atoms with Crippen molar-refractivity contribution in [2.45, 2.75) is 31.7 Å². The van der Waals surface area contributed by atoms with Crippen LogP contribution in [-0.2, 0) is 6.42 Å². The second-order valence-electron chi connectivity index (χ2n) is 6.46. The first-order chi connectivity index (χ1) is 11.9. The lowest BCUT2D eigenvalue weighted by Crippen LogP contribution is -2.41. The number of hydrogen-bond donors (Lipinski definition) is 0. The molecule has 0 nitrogen and oxygen atoms in total. The Labute approximate surface area is 147 Å². The summed E-state index contributed by atoms with van der Waals surface area (Å²) >= 11 is 0. The summed E-state index contributed by atoms with van der Waals surface area (Å²) in [6.07, 6.45) is 5.18. The van der Waals surface area contributed by atoms with Gasteiger partial charge in [0.05, 0.1) is 0 Å². The van der Waals surface area contributed by atoms with Crippen molar-refractivity contribution in [2.75, 3.05) is 0 Å². The number of hydrogen-bond acceptors (Lipinski definition) is 0. The zero-order chi connectivity index (χ0) is 16.5. The molecule has 0 amide bonds. The third-order valence-electron chi connectivity index (χ3n) is 4.70. The second kappa shape index (κ2) is 9.24. The van der Waals surface area contributed by atoms with Crippen molar-refractivity contribution >= 4 is 19.2 Å². The van der Waals surface area contributed by atoms with E-state index in [0.29, 0.717) is 0 Å². The van der Waals surface area contributed by atoms with E-state index in [1.54, 1.807) is 10.4 Å². The molecule has 0 aliphatic carbocycles. The summed E-state index contributed by atoms with van der Waals surface area (Å²) in [7, 11) is -1.07. The molecule has 0 saturated heterocycles. The Morgan fingerprint density at radius 1 is 0.500 bits per heavy atom. The molecule has 0 heterocycles. The van der Waals surface area contributed by atoms with Crippen molar-refractivity contribution < 1.29 is 0 Å². The molecule has 0 saturated carbocycles. The molecule has 0 spiro atoms. The van der Waals surface area contributed by atoms with Gasteiger partial charge in [-0.05, 0) is 18.4 Å². The summed E-state index contributed by atoms with van der Waals surface area (Å²) in [5.41, 5.74) is 1.47. The molecule has 0 N–H and O–H groups in total. The fourth-order valence-corrected chi connectivity index (χ4v) is 6.52. The first kappa shape index (κ1) is 16.7. The molecule has 3 aromatic rings. The molecule has 0 fully saturated rings. The third kappa shape index (κ3) is 4.94. The molecule has 122 valence electrons. The summed E-state index contributed by atoms with van der Waals surface area (Å²) < 4.78 is 0. The monoisotopic (exact) mass is 330 g/mol. The van der Waals surface area contributed by atoms with E-state index in [1.165, 1.54) is 37.3 Å². The van der Waals surface area contributed by atoms with Gasteiger partial charge in [0, 0.05) is 0 Å². The molecular formula is C23H26Si. The van der Waals surface area contributed by atoms with E-state index in [0.717, 1.165) is 0 Å². The fourth-order valence-electron chi connectivity index (χ4n) is 3.40. The van der Waals surface area contributed by atoms with Crippen molar-refractivity contribution in [1.29, 1.82) is 0 Å². The van der Waals surface area contributed by atoms with Crippen molar-refractivity contribution in [3.63, 3.8) is 0 Å². The largest absolute Gasteiger partial charge is 0.103 e. The van der Waals surface area contributed by atoms with Gasteiger partial charge in [0.15, 0.2) is 0 Å². The quantitative estimate of drug-likeness (QED) is 0.423. The average molecular weight is 331 g/mol. The van der Waals surface area contributed by atoms with Crippen LogP contribution in [0.4, 0.5) is 0 Å². The topological polar surface area (TPSA) is 0 Å². The van der Waals surface area contributed by atoms with Crippen LogP contribution in [0.15, 0.2) is 91.0 Å². The first-order valence-electron chi connectivity index (χ1n) is 9.07. The van der Waals surface area contributed by atoms with Crippen molar-refractivity contribution in [1.82, 2.24) is 0 Å². The van der Waals surface area contributed by atoms with E-state index in [2.05, 4.69) is 91.0 Å². The molecule has 0 aliphatic rings. The summed E-state index contributed by atoms with van der Waals surface area (Å²) in [6, 6.07) is 34.5. The molecule has 0 aliphatic heterocycles.